The van der Waals surface area contributed by atoms with Gasteiger partial charge in [0.25, 0.3) is 0 Å². The maximum atomic E-state index is 9.12. The minimum absolute atomic E-state index is 0.415. The molecular formula is C15H15N3OS. The van der Waals surface area contributed by atoms with Crippen LogP contribution in [0.15, 0.2) is 36.0 Å². The van der Waals surface area contributed by atoms with Crippen LogP contribution in [0.3, 0.4) is 0 Å². The summed E-state index contributed by atoms with van der Waals surface area (Å²) in [5, 5.41) is 9.93. The zero-order chi connectivity index (χ0) is 14.5. The summed E-state index contributed by atoms with van der Waals surface area (Å²) in [6.07, 6.45) is 3.62. The smallest absolute Gasteiger partial charge is 0.169 e. The molecule has 0 aliphatic rings. The van der Waals surface area contributed by atoms with Gasteiger partial charge in [0.15, 0.2) is 10.9 Å². The number of hydrogen-bond acceptors (Lipinski definition) is 4. The summed E-state index contributed by atoms with van der Waals surface area (Å²) in [4.78, 5) is 4.32. The molecular weight excluding hydrogens is 270 g/mol. The van der Waals surface area contributed by atoms with Crippen molar-refractivity contribution in [2.75, 3.05) is 13.4 Å². The second kappa shape index (κ2) is 6.31. The van der Waals surface area contributed by atoms with Gasteiger partial charge >= 0.3 is 0 Å². The second-order valence-corrected chi connectivity index (χ2v) is 4.86. The number of nitrogens with zero attached hydrogens (tertiary/aromatic N) is 3. The maximum Gasteiger partial charge on any atom is 0.169 e. The molecule has 102 valence electrons. The third kappa shape index (κ3) is 2.70. The van der Waals surface area contributed by atoms with E-state index in [1.54, 1.807) is 13.2 Å². The van der Waals surface area contributed by atoms with E-state index < -0.39 is 0 Å². The van der Waals surface area contributed by atoms with Crippen LogP contribution >= 0.6 is 11.8 Å². The Kier molecular flexibility index (Phi) is 4.49. The number of hydrogen-bond donors (Lipinski definition) is 0. The lowest BCUT2D eigenvalue weighted by atomic mass is 10.2. The van der Waals surface area contributed by atoms with Gasteiger partial charge in [0.2, 0.25) is 0 Å². The molecule has 1 aromatic heterocycles. The second-order valence-electron chi connectivity index (χ2n) is 4.08. The van der Waals surface area contributed by atoms with Crippen LogP contribution in [0.25, 0.3) is 6.08 Å². The Bertz CT molecular complexity index is 653. The summed E-state index contributed by atoms with van der Waals surface area (Å²) >= 11 is 1.52. The zero-order valence-electron chi connectivity index (χ0n) is 11.5. The minimum Gasteiger partial charge on any atom is -0.497 e. The highest BCUT2D eigenvalue weighted by atomic mass is 32.2. The van der Waals surface area contributed by atoms with Crippen LogP contribution in [0.4, 0.5) is 0 Å². The van der Waals surface area contributed by atoms with E-state index in [-0.39, 0.29) is 0 Å². The number of ether oxygens (including phenoxy) is 1. The molecule has 0 spiro atoms. The molecule has 2 rings (SSSR count). The summed E-state index contributed by atoms with van der Waals surface area (Å²) in [5.74, 6) is 0.825. The SMILES string of the molecule is C=Cc1c(C#N)nc(SC)n1Cc1ccc(OC)cc1. The molecule has 20 heavy (non-hydrogen) atoms. The standard InChI is InChI=1S/C15H15N3OS/c1-4-14-13(9-16)17-15(20-3)18(14)10-11-5-7-12(19-2)8-6-11/h4-8H,1,10H2,2-3H3. The molecule has 0 atom stereocenters. The highest BCUT2D eigenvalue weighted by Crippen LogP contribution is 2.22. The normalized spacial score (nSPS) is 10.1. The number of nitriles is 1. The fraction of sp³-hybridized carbons (Fsp3) is 0.200. The first-order chi connectivity index (χ1) is 9.73. The summed E-state index contributed by atoms with van der Waals surface area (Å²) in [5.41, 5.74) is 2.29. The Morgan fingerprint density at radius 1 is 1.45 bits per heavy atom. The van der Waals surface area contributed by atoms with E-state index >= 15 is 0 Å². The van der Waals surface area contributed by atoms with E-state index in [0.29, 0.717) is 12.2 Å². The van der Waals surface area contributed by atoms with Gasteiger partial charge in [-0.25, -0.2) is 4.98 Å². The van der Waals surface area contributed by atoms with Gasteiger partial charge in [0.05, 0.1) is 19.3 Å². The predicted molar refractivity (Wildman–Crippen MR) is 80.9 cm³/mol. The molecule has 0 aliphatic carbocycles. The quantitative estimate of drug-likeness (QED) is 0.792. The van der Waals surface area contributed by atoms with Crippen molar-refractivity contribution < 1.29 is 4.74 Å². The van der Waals surface area contributed by atoms with E-state index in [9.17, 15) is 0 Å². The number of benzene rings is 1. The van der Waals surface area contributed by atoms with Crippen LogP contribution in [0.1, 0.15) is 17.0 Å². The number of rotatable bonds is 5. The van der Waals surface area contributed by atoms with E-state index in [0.717, 1.165) is 22.2 Å². The Morgan fingerprint density at radius 2 is 2.15 bits per heavy atom. The van der Waals surface area contributed by atoms with Gasteiger partial charge in [-0.3, -0.25) is 0 Å². The molecule has 0 N–H and O–H groups in total. The van der Waals surface area contributed by atoms with E-state index in [2.05, 4.69) is 17.6 Å². The van der Waals surface area contributed by atoms with Gasteiger partial charge in [0, 0.05) is 0 Å². The Hall–Kier alpha value is -2.19. The van der Waals surface area contributed by atoms with Crippen LogP contribution in [-0.2, 0) is 6.54 Å². The highest BCUT2D eigenvalue weighted by Gasteiger charge is 2.14. The van der Waals surface area contributed by atoms with Crippen LogP contribution in [0.2, 0.25) is 0 Å². The molecule has 0 saturated heterocycles. The lowest BCUT2D eigenvalue weighted by Gasteiger charge is -2.09. The highest BCUT2D eigenvalue weighted by molar-refractivity contribution is 7.98. The molecule has 0 amide bonds. The van der Waals surface area contributed by atoms with Gasteiger partial charge in [0.1, 0.15) is 11.8 Å². The van der Waals surface area contributed by atoms with Gasteiger partial charge < -0.3 is 9.30 Å². The first-order valence-corrected chi connectivity index (χ1v) is 7.26. The number of aromatic nitrogens is 2. The topological polar surface area (TPSA) is 50.8 Å². The van der Waals surface area contributed by atoms with Gasteiger partial charge in [-0.1, -0.05) is 30.5 Å². The molecule has 0 fully saturated rings. The van der Waals surface area contributed by atoms with E-state index in [1.807, 2.05) is 35.1 Å². The van der Waals surface area contributed by atoms with Gasteiger partial charge in [-0.15, -0.1) is 0 Å². The van der Waals surface area contributed by atoms with Gasteiger partial charge in [-0.2, -0.15) is 5.26 Å². The number of imidazole rings is 1. The maximum absolute atomic E-state index is 9.12. The Labute approximate surface area is 122 Å². The van der Waals surface area contributed by atoms with Crippen molar-refractivity contribution in [1.82, 2.24) is 9.55 Å². The lowest BCUT2D eigenvalue weighted by molar-refractivity contribution is 0.414. The monoisotopic (exact) mass is 285 g/mol. The predicted octanol–water partition coefficient (Wildman–Crippen LogP) is 3.18. The molecule has 1 aromatic carbocycles. The largest absolute Gasteiger partial charge is 0.497 e. The first-order valence-electron chi connectivity index (χ1n) is 6.03. The van der Waals surface area contributed by atoms with Crippen molar-refractivity contribution in [2.24, 2.45) is 0 Å². The average molecular weight is 285 g/mol. The molecule has 0 radical (unpaired) electrons. The van der Waals surface area contributed by atoms with Crippen LogP contribution in [-0.4, -0.2) is 22.9 Å². The third-order valence-electron chi connectivity index (χ3n) is 2.95. The summed E-state index contributed by atoms with van der Waals surface area (Å²) in [6, 6.07) is 9.95. The van der Waals surface area contributed by atoms with Crippen molar-refractivity contribution in [3.05, 3.63) is 47.8 Å². The Morgan fingerprint density at radius 3 is 2.65 bits per heavy atom. The van der Waals surface area contributed by atoms with E-state index in [1.165, 1.54) is 11.8 Å². The third-order valence-corrected chi connectivity index (χ3v) is 3.63. The van der Waals surface area contributed by atoms with Crippen LogP contribution < -0.4 is 4.74 Å². The van der Waals surface area contributed by atoms with Crippen molar-refractivity contribution in [1.29, 1.82) is 5.26 Å². The zero-order valence-corrected chi connectivity index (χ0v) is 12.3. The number of thioether (sulfide) groups is 1. The molecule has 0 saturated carbocycles. The molecule has 1 heterocycles. The number of methoxy groups -OCH3 is 1. The lowest BCUT2D eigenvalue weighted by Crippen LogP contribution is -2.03. The van der Waals surface area contributed by atoms with Crippen LogP contribution in [0.5, 0.6) is 5.75 Å². The van der Waals surface area contributed by atoms with E-state index in [4.69, 9.17) is 10.00 Å². The molecule has 4 nitrogen and oxygen atoms in total. The summed E-state index contributed by atoms with van der Waals surface area (Å²) in [7, 11) is 1.64. The molecule has 2 aromatic rings. The Balaban J connectivity index is 2.38. The minimum atomic E-state index is 0.415. The molecule has 0 aliphatic heterocycles. The van der Waals surface area contributed by atoms with Crippen molar-refractivity contribution in [3.8, 4) is 11.8 Å². The van der Waals surface area contributed by atoms with Gasteiger partial charge in [-0.05, 0) is 30.0 Å². The summed E-state index contributed by atoms with van der Waals surface area (Å²) < 4.78 is 7.15. The van der Waals surface area contributed by atoms with Crippen molar-refractivity contribution in [2.45, 2.75) is 11.7 Å². The van der Waals surface area contributed by atoms with Crippen molar-refractivity contribution in [3.63, 3.8) is 0 Å². The first kappa shape index (κ1) is 14.2. The van der Waals surface area contributed by atoms with Crippen LogP contribution in [0, 0.1) is 11.3 Å². The fourth-order valence-corrected chi connectivity index (χ4v) is 2.52. The summed E-state index contributed by atoms with van der Waals surface area (Å²) in [6.45, 7) is 4.42. The average Bonchev–Trinajstić information content (AvgIpc) is 2.84. The molecule has 0 unspecified atom stereocenters. The molecule has 5 heteroatoms. The fourth-order valence-electron chi connectivity index (χ4n) is 1.96. The van der Waals surface area contributed by atoms with Crippen molar-refractivity contribution >= 4 is 17.8 Å². The molecule has 0 bridgehead atoms.